The fourth-order valence-electron chi connectivity index (χ4n) is 1.30. The van der Waals surface area contributed by atoms with Gasteiger partial charge in [-0.05, 0) is 6.92 Å². The molecule has 0 aromatic carbocycles. The fourth-order valence-corrected chi connectivity index (χ4v) is 1.30. The van der Waals surface area contributed by atoms with Gasteiger partial charge in [0.15, 0.2) is 0 Å². The van der Waals surface area contributed by atoms with Gasteiger partial charge >= 0.3 is 5.69 Å². The van der Waals surface area contributed by atoms with Crippen LogP contribution in [0.1, 0.15) is 13.3 Å². The van der Waals surface area contributed by atoms with Crippen molar-refractivity contribution in [1.29, 1.82) is 0 Å². The van der Waals surface area contributed by atoms with Crippen LogP contribution in [0.2, 0.25) is 0 Å². The van der Waals surface area contributed by atoms with Gasteiger partial charge in [0.1, 0.15) is 6.20 Å². The third-order valence-electron chi connectivity index (χ3n) is 2.22. The summed E-state index contributed by atoms with van der Waals surface area (Å²) in [6.07, 6.45) is 1.33. The molecule has 9 nitrogen and oxygen atoms in total. The van der Waals surface area contributed by atoms with Gasteiger partial charge in [-0.3, -0.25) is 14.9 Å². The quantitative estimate of drug-likeness (QED) is 0.482. The molecule has 0 saturated carbocycles. The zero-order valence-electron chi connectivity index (χ0n) is 10.8. The number of carbonyl (C=O) groups excluding carboxylic acids is 1. The first-order valence-corrected chi connectivity index (χ1v) is 5.78. The summed E-state index contributed by atoms with van der Waals surface area (Å²) in [6.45, 7) is 2.72. The number of anilines is 2. The summed E-state index contributed by atoms with van der Waals surface area (Å²) in [5, 5.41) is 18.9. The number of amides is 1. The molecule has 0 unspecified atom stereocenters. The van der Waals surface area contributed by atoms with Crippen molar-refractivity contribution in [3.8, 4) is 0 Å². The van der Waals surface area contributed by atoms with Crippen molar-refractivity contribution >= 4 is 23.4 Å². The summed E-state index contributed by atoms with van der Waals surface area (Å²) in [4.78, 5) is 29.1. The van der Waals surface area contributed by atoms with E-state index in [1.165, 1.54) is 7.05 Å². The Morgan fingerprint density at radius 1 is 1.47 bits per heavy atom. The minimum absolute atomic E-state index is 0.0971. The Bertz CT molecular complexity index is 465. The molecule has 1 aromatic rings. The Morgan fingerprint density at radius 3 is 2.79 bits per heavy atom. The monoisotopic (exact) mass is 268 g/mol. The largest absolute Gasteiger partial charge is 0.364 e. The Kier molecular flexibility index (Phi) is 5.45. The van der Waals surface area contributed by atoms with E-state index in [-0.39, 0.29) is 30.4 Å². The average Bonchev–Trinajstić information content (AvgIpc) is 2.38. The standard InChI is InChI=1S/C10H16N6O3/c1-3-12-10-14-6-7(16(18)19)9(15-10)13-5-4-8(17)11-2/h6H,3-5H2,1-2H3,(H,11,17)(H2,12,13,14,15). The molecular weight excluding hydrogens is 252 g/mol. The van der Waals surface area contributed by atoms with E-state index in [1.807, 2.05) is 6.92 Å². The lowest BCUT2D eigenvalue weighted by atomic mass is 10.4. The zero-order valence-corrected chi connectivity index (χ0v) is 10.8. The zero-order chi connectivity index (χ0) is 14.3. The van der Waals surface area contributed by atoms with Gasteiger partial charge in [-0.25, -0.2) is 4.98 Å². The Hall–Kier alpha value is -2.45. The predicted molar refractivity (Wildman–Crippen MR) is 70.0 cm³/mol. The summed E-state index contributed by atoms with van der Waals surface area (Å²) >= 11 is 0. The number of hydrogen-bond acceptors (Lipinski definition) is 7. The molecule has 0 atom stereocenters. The summed E-state index contributed by atoms with van der Waals surface area (Å²) in [6, 6.07) is 0. The first-order chi connectivity index (χ1) is 9.08. The van der Waals surface area contributed by atoms with E-state index in [1.54, 1.807) is 0 Å². The normalized spacial score (nSPS) is 9.79. The molecule has 1 rings (SSSR count). The number of carbonyl (C=O) groups is 1. The highest BCUT2D eigenvalue weighted by molar-refractivity contribution is 5.76. The molecule has 0 aliphatic rings. The third kappa shape index (κ3) is 4.37. The van der Waals surface area contributed by atoms with E-state index < -0.39 is 4.92 Å². The molecule has 19 heavy (non-hydrogen) atoms. The molecule has 104 valence electrons. The van der Waals surface area contributed by atoms with Crippen LogP contribution < -0.4 is 16.0 Å². The van der Waals surface area contributed by atoms with Crippen LogP contribution in [-0.4, -0.2) is 40.9 Å². The predicted octanol–water partition coefficient (Wildman–Crippen LogP) is 0.365. The highest BCUT2D eigenvalue weighted by Crippen LogP contribution is 2.21. The summed E-state index contributed by atoms with van der Waals surface area (Å²) in [5.74, 6) is 0.242. The van der Waals surface area contributed by atoms with Gasteiger partial charge in [0.2, 0.25) is 17.7 Å². The number of nitrogens with one attached hydrogen (secondary N) is 3. The van der Waals surface area contributed by atoms with E-state index in [9.17, 15) is 14.9 Å². The minimum Gasteiger partial charge on any atom is -0.364 e. The highest BCUT2D eigenvalue weighted by atomic mass is 16.6. The van der Waals surface area contributed by atoms with Crippen LogP contribution in [0.4, 0.5) is 17.5 Å². The molecule has 0 aliphatic carbocycles. The van der Waals surface area contributed by atoms with Gasteiger partial charge in [0, 0.05) is 26.6 Å². The van der Waals surface area contributed by atoms with E-state index in [2.05, 4.69) is 25.9 Å². The van der Waals surface area contributed by atoms with Crippen molar-refractivity contribution in [1.82, 2.24) is 15.3 Å². The molecule has 0 saturated heterocycles. The number of nitro groups is 1. The molecule has 0 fully saturated rings. The van der Waals surface area contributed by atoms with Gasteiger partial charge in [-0.1, -0.05) is 0 Å². The Labute approximate surface area is 110 Å². The Balaban J connectivity index is 2.79. The van der Waals surface area contributed by atoms with Crippen LogP contribution >= 0.6 is 0 Å². The molecule has 3 N–H and O–H groups in total. The van der Waals surface area contributed by atoms with Crippen LogP contribution in [0.25, 0.3) is 0 Å². The number of rotatable bonds is 7. The second-order valence-electron chi connectivity index (χ2n) is 3.56. The molecule has 9 heteroatoms. The lowest BCUT2D eigenvalue weighted by molar-refractivity contribution is -0.384. The molecule has 1 heterocycles. The number of nitrogens with zero attached hydrogens (tertiary/aromatic N) is 3. The number of hydrogen-bond donors (Lipinski definition) is 3. The van der Waals surface area contributed by atoms with Gasteiger partial charge in [-0.2, -0.15) is 4.98 Å². The van der Waals surface area contributed by atoms with Gasteiger partial charge in [0.05, 0.1) is 4.92 Å². The first-order valence-electron chi connectivity index (χ1n) is 5.78. The second kappa shape index (κ2) is 7.09. The summed E-state index contributed by atoms with van der Waals surface area (Å²) < 4.78 is 0. The fraction of sp³-hybridized carbons (Fsp3) is 0.500. The molecule has 0 aliphatic heterocycles. The van der Waals surface area contributed by atoms with E-state index in [0.717, 1.165) is 6.20 Å². The minimum atomic E-state index is -0.571. The lowest BCUT2D eigenvalue weighted by Crippen LogP contribution is -2.21. The molecule has 0 radical (unpaired) electrons. The van der Waals surface area contributed by atoms with Gasteiger partial charge < -0.3 is 16.0 Å². The average molecular weight is 268 g/mol. The third-order valence-corrected chi connectivity index (χ3v) is 2.22. The summed E-state index contributed by atoms with van der Waals surface area (Å²) in [7, 11) is 1.53. The number of aromatic nitrogens is 2. The van der Waals surface area contributed by atoms with Crippen molar-refractivity contribution in [3.63, 3.8) is 0 Å². The van der Waals surface area contributed by atoms with Gasteiger partial charge in [-0.15, -0.1) is 0 Å². The van der Waals surface area contributed by atoms with Crippen molar-refractivity contribution in [2.45, 2.75) is 13.3 Å². The maximum Gasteiger partial charge on any atom is 0.329 e. The maximum atomic E-state index is 11.1. The topological polar surface area (TPSA) is 122 Å². The molecule has 0 bridgehead atoms. The van der Waals surface area contributed by atoms with E-state index in [0.29, 0.717) is 12.5 Å². The van der Waals surface area contributed by atoms with Crippen molar-refractivity contribution in [2.24, 2.45) is 0 Å². The Morgan fingerprint density at radius 2 is 2.21 bits per heavy atom. The lowest BCUT2D eigenvalue weighted by Gasteiger charge is -2.07. The molecule has 0 spiro atoms. The molecule has 1 aromatic heterocycles. The van der Waals surface area contributed by atoms with Crippen molar-refractivity contribution < 1.29 is 9.72 Å². The van der Waals surface area contributed by atoms with Crippen LogP contribution in [0.3, 0.4) is 0 Å². The van der Waals surface area contributed by atoms with Crippen LogP contribution in [0, 0.1) is 10.1 Å². The van der Waals surface area contributed by atoms with E-state index >= 15 is 0 Å². The van der Waals surface area contributed by atoms with Crippen LogP contribution in [0.15, 0.2) is 6.20 Å². The molecular formula is C10H16N6O3. The van der Waals surface area contributed by atoms with Crippen molar-refractivity contribution in [3.05, 3.63) is 16.3 Å². The second-order valence-corrected chi connectivity index (χ2v) is 3.56. The van der Waals surface area contributed by atoms with Crippen molar-refractivity contribution in [2.75, 3.05) is 30.8 Å². The summed E-state index contributed by atoms with van der Waals surface area (Å²) in [5.41, 5.74) is -0.224. The maximum absolute atomic E-state index is 11.1. The smallest absolute Gasteiger partial charge is 0.329 e. The van der Waals surface area contributed by atoms with Crippen LogP contribution in [-0.2, 0) is 4.79 Å². The van der Waals surface area contributed by atoms with Gasteiger partial charge in [0.25, 0.3) is 0 Å². The van der Waals surface area contributed by atoms with Crippen LogP contribution in [0.5, 0.6) is 0 Å². The SMILES string of the molecule is CCNc1ncc([N+](=O)[O-])c(NCCC(=O)NC)n1. The molecule has 1 amide bonds. The van der Waals surface area contributed by atoms with E-state index in [4.69, 9.17) is 0 Å². The highest BCUT2D eigenvalue weighted by Gasteiger charge is 2.16. The first kappa shape index (κ1) is 14.6.